The van der Waals surface area contributed by atoms with Crippen molar-refractivity contribution in [3.63, 3.8) is 0 Å². The molecule has 5 rings (SSSR count). The summed E-state index contributed by atoms with van der Waals surface area (Å²) in [5, 5.41) is 3.66. The Bertz CT molecular complexity index is 1640. The molecule has 1 aliphatic rings. The van der Waals surface area contributed by atoms with E-state index in [1.54, 1.807) is 12.1 Å². The van der Waals surface area contributed by atoms with Gasteiger partial charge in [0.2, 0.25) is 0 Å². The second kappa shape index (κ2) is 11.5. The maximum atomic E-state index is 14.3. The minimum Gasteiger partial charge on any atom is -0.298 e. The van der Waals surface area contributed by atoms with Gasteiger partial charge in [0.05, 0.1) is 17.8 Å². The summed E-state index contributed by atoms with van der Waals surface area (Å²) < 4.78 is 84.0. The fraction of sp³-hybridized carbons (Fsp3) is 0.290. The number of pyridine rings is 1. The highest BCUT2D eigenvalue weighted by Gasteiger charge is 2.41. The summed E-state index contributed by atoms with van der Waals surface area (Å²) in [7, 11) is 0. The minimum atomic E-state index is -4.66. The van der Waals surface area contributed by atoms with Crippen molar-refractivity contribution >= 4 is 11.6 Å². The van der Waals surface area contributed by atoms with E-state index in [2.05, 4.69) is 10.1 Å². The first-order valence-corrected chi connectivity index (χ1v) is 13.3. The Kier molecular flexibility index (Phi) is 8.03. The molecule has 0 N–H and O–H groups in total. The smallest absolute Gasteiger partial charge is 0.298 e. The van der Waals surface area contributed by atoms with Crippen LogP contribution in [-0.4, -0.2) is 26.3 Å². The number of rotatable bonds is 10. The van der Waals surface area contributed by atoms with Gasteiger partial charge in [0, 0.05) is 41.9 Å². The molecule has 0 saturated heterocycles. The molecule has 1 fully saturated rings. The molecule has 1 atom stereocenters. The van der Waals surface area contributed by atoms with E-state index in [4.69, 9.17) is 0 Å². The highest BCUT2D eigenvalue weighted by molar-refractivity contribution is 5.95. The topological polar surface area (TPSA) is 64.8 Å². The van der Waals surface area contributed by atoms with E-state index < -0.39 is 53.4 Å². The molecular weight excluding hydrogens is 560 g/mol. The van der Waals surface area contributed by atoms with Crippen LogP contribution in [0.25, 0.3) is 11.1 Å². The molecule has 42 heavy (non-hydrogen) atoms. The normalized spacial score (nSPS) is 14.2. The zero-order valence-corrected chi connectivity index (χ0v) is 22.4. The van der Waals surface area contributed by atoms with Gasteiger partial charge in [-0.3, -0.25) is 19.3 Å². The summed E-state index contributed by atoms with van der Waals surface area (Å²) in [5.41, 5.74) is 0.382. The average molecular weight is 586 g/mol. The van der Waals surface area contributed by atoms with E-state index in [-0.39, 0.29) is 35.4 Å². The molecule has 2 aromatic heterocycles. The largest absolute Gasteiger partial charge is 0.435 e. The highest BCUT2D eigenvalue weighted by Crippen LogP contribution is 2.45. The molecule has 0 spiro atoms. The first-order valence-electron chi connectivity index (χ1n) is 13.3. The summed E-state index contributed by atoms with van der Waals surface area (Å²) in [4.78, 5) is 29.7. The molecule has 1 aliphatic carbocycles. The van der Waals surface area contributed by atoms with Crippen LogP contribution in [0, 0.1) is 17.5 Å². The second-order valence-electron chi connectivity index (χ2n) is 10.5. The van der Waals surface area contributed by atoms with Crippen LogP contribution < -0.4 is 0 Å². The molecule has 0 radical (unpaired) electrons. The average Bonchev–Trinajstić information content (AvgIpc) is 3.66. The van der Waals surface area contributed by atoms with Gasteiger partial charge < -0.3 is 0 Å². The standard InChI is InChI=1S/C31H25F6N3O2/c1-17(41)26-13-20(6-7-28(26)34)25-3-2-8-38-29(25)21(9-18-10-22(32)14-23(33)11-18)12-24(42)15-40-16-27(19-4-5-19)30(39-40)31(35,36)37/h2-3,6-8,10-11,13-14,16,19,21H,4-5,9,12,15H2,1H3/t21-/m1/s1. The summed E-state index contributed by atoms with van der Waals surface area (Å²) in [6.07, 6.45) is -0.994. The Morgan fingerprint density at radius 1 is 1.02 bits per heavy atom. The number of ketones is 2. The second-order valence-corrected chi connectivity index (χ2v) is 10.5. The Balaban J connectivity index is 1.50. The van der Waals surface area contributed by atoms with Gasteiger partial charge in [-0.1, -0.05) is 12.1 Å². The van der Waals surface area contributed by atoms with E-state index >= 15 is 0 Å². The van der Waals surface area contributed by atoms with Crippen LogP contribution in [0.2, 0.25) is 0 Å². The molecule has 11 heteroatoms. The lowest BCUT2D eigenvalue weighted by Crippen LogP contribution is -2.18. The number of carbonyl (C=O) groups is 2. The van der Waals surface area contributed by atoms with Crippen molar-refractivity contribution in [1.29, 1.82) is 0 Å². The Morgan fingerprint density at radius 2 is 1.74 bits per heavy atom. The third kappa shape index (κ3) is 6.61. The SMILES string of the molecule is CC(=O)c1cc(-c2cccnc2[C@@H](CC(=O)Cn2cc(C3CC3)c(C(F)(F)F)n2)Cc2cc(F)cc(F)c2)ccc1F. The number of benzene rings is 2. The molecule has 218 valence electrons. The van der Waals surface area contributed by atoms with Gasteiger partial charge in [0.15, 0.2) is 17.3 Å². The van der Waals surface area contributed by atoms with Crippen LogP contribution in [-0.2, 0) is 23.9 Å². The molecule has 2 aromatic carbocycles. The van der Waals surface area contributed by atoms with Gasteiger partial charge in [-0.2, -0.15) is 18.3 Å². The number of Topliss-reactive ketones (excluding diaryl/α,β-unsaturated/α-hetero) is 2. The van der Waals surface area contributed by atoms with Gasteiger partial charge in [0.25, 0.3) is 0 Å². The number of halogens is 6. The minimum absolute atomic E-state index is 0.0363. The van der Waals surface area contributed by atoms with E-state index in [0.717, 1.165) is 22.9 Å². The number of carbonyl (C=O) groups excluding carboxylic acids is 2. The van der Waals surface area contributed by atoms with Crippen molar-refractivity contribution in [2.24, 2.45) is 0 Å². The van der Waals surface area contributed by atoms with Crippen LogP contribution in [0.1, 0.15) is 70.9 Å². The van der Waals surface area contributed by atoms with Gasteiger partial charge in [-0.25, -0.2) is 13.2 Å². The quantitative estimate of drug-likeness (QED) is 0.143. The maximum absolute atomic E-state index is 14.3. The molecule has 2 heterocycles. The Morgan fingerprint density at radius 3 is 2.38 bits per heavy atom. The van der Waals surface area contributed by atoms with Crippen LogP contribution in [0.4, 0.5) is 26.3 Å². The predicted octanol–water partition coefficient (Wildman–Crippen LogP) is 7.45. The van der Waals surface area contributed by atoms with Crippen molar-refractivity contribution in [1.82, 2.24) is 14.8 Å². The van der Waals surface area contributed by atoms with Crippen molar-refractivity contribution < 1.29 is 35.9 Å². The van der Waals surface area contributed by atoms with Crippen LogP contribution in [0.5, 0.6) is 0 Å². The molecule has 0 unspecified atom stereocenters. The molecule has 4 aromatic rings. The van der Waals surface area contributed by atoms with Gasteiger partial charge in [-0.15, -0.1) is 0 Å². The summed E-state index contributed by atoms with van der Waals surface area (Å²) in [6, 6.07) is 10.2. The lowest BCUT2D eigenvalue weighted by molar-refractivity contribution is -0.142. The van der Waals surface area contributed by atoms with E-state index in [0.29, 0.717) is 35.7 Å². The van der Waals surface area contributed by atoms with Crippen molar-refractivity contribution in [2.45, 2.75) is 57.2 Å². The lowest BCUT2D eigenvalue weighted by atomic mass is 9.86. The van der Waals surface area contributed by atoms with Crippen molar-refractivity contribution in [3.8, 4) is 11.1 Å². The van der Waals surface area contributed by atoms with E-state index in [1.165, 1.54) is 31.5 Å². The van der Waals surface area contributed by atoms with Crippen molar-refractivity contribution in [2.75, 3.05) is 0 Å². The first kappa shape index (κ1) is 29.2. The monoisotopic (exact) mass is 585 g/mol. The zero-order chi connectivity index (χ0) is 30.2. The zero-order valence-electron chi connectivity index (χ0n) is 22.4. The molecular formula is C31H25F6N3O2. The fourth-order valence-corrected chi connectivity index (χ4v) is 5.18. The van der Waals surface area contributed by atoms with Crippen LogP contribution >= 0.6 is 0 Å². The molecule has 0 aliphatic heterocycles. The third-order valence-electron chi connectivity index (χ3n) is 7.17. The first-order chi connectivity index (χ1) is 19.9. The van der Waals surface area contributed by atoms with Gasteiger partial charge in [0.1, 0.15) is 17.5 Å². The number of nitrogens with zero attached hydrogens (tertiary/aromatic N) is 3. The van der Waals surface area contributed by atoms with Gasteiger partial charge >= 0.3 is 6.18 Å². The molecule has 5 nitrogen and oxygen atoms in total. The lowest BCUT2D eigenvalue weighted by Gasteiger charge is -2.20. The number of aromatic nitrogens is 3. The number of hydrogen-bond acceptors (Lipinski definition) is 4. The number of hydrogen-bond donors (Lipinski definition) is 0. The van der Waals surface area contributed by atoms with E-state index in [9.17, 15) is 35.9 Å². The highest BCUT2D eigenvalue weighted by atomic mass is 19.4. The van der Waals surface area contributed by atoms with Crippen LogP contribution in [0.15, 0.2) is 60.9 Å². The number of alkyl halides is 3. The molecule has 1 saturated carbocycles. The summed E-state index contributed by atoms with van der Waals surface area (Å²) in [6.45, 7) is 0.775. The van der Waals surface area contributed by atoms with Gasteiger partial charge in [-0.05, 0) is 73.6 Å². The van der Waals surface area contributed by atoms with Crippen molar-refractivity contribution in [3.05, 3.63) is 106 Å². The Labute approximate surface area is 237 Å². The third-order valence-corrected chi connectivity index (χ3v) is 7.17. The summed E-state index contributed by atoms with van der Waals surface area (Å²) in [5.74, 6) is -4.33. The maximum Gasteiger partial charge on any atom is 0.435 e. The molecule has 0 amide bonds. The van der Waals surface area contributed by atoms with E-state index in [1.807, 2.05) is 0 Å². The Hall–Kier alpha value is -4.28. The van der Waals surface area contributed by atoms with Crippen LogP contribution in [0.3, 0.4) is 0 Å². The predicted molar refractivity (Wildman–Crippen MR) is 141 cm³/mol. The summed E-state index contributed by atoms with van der Waals surface area (Å²) >= 11 is 0. The fourth-order valence-electron chi connectivity index (χ4n) is 5.18. The molecule has 0 bridgehead atoms.